The highest BCUT2D eigenvalue weighted by molar-refractivity contribution is 5.96. The van der Waals surface area contributed by atoms with Crippen LogP contribution < -0.4 is 0 Å². The van der Waals surface area contributed by atoms with E-state index in [1.54, 1.807) is 0 Å². The van der Waals surface area contributed by atoms with Gasteiger partial charge in [0.2, 0.25) is 0 Å². The van der Waals surface area contributed by atoms with E-state index < -0.39 is 0 Å². The van der Waals surface area contributed by atoms with E-state index in [0.29, 0.717) is 24.6 Å². The molecule has 2 atom stereocenters. The molecule has 2 rings (SSSR count). The van der Waals surface area contributed by atoms with E-state index >= 15 is 0 Å². The van der Waals surface area contributed by atoms with Gasteiger partial charge in [-0.3, -0.25) is 4.79 Å². The molecule has 5 heteroatoms. The number of carbonyl (C=O) groups excluding carboxylic acids is 1. The normalized spacial score (nSPS) is 21.7. The Morgan fingerprint density at radius 2 is 1.96 bits per heavy atom. The lowest BCUT2D eigenvalue weighted by molar-refractivity contribution is -0.0963. The molecule has 1 aliphatic rings. The fraction of sp³-hybridized carbons (Fsp3) is 0.722. The zero-order chi connectivity index (χ0) is 17.0. The first kappa shape index (κ1) is 17.9. The summed E-state index contributed by atoms with van der Waals surface area (Å²) in [6.07, 6.45) is 5.02. The highest BCUT2D eigenvalue weighted by atomic mass is 16.5. The fourth-order valence-corrected chi connectivity index (χ4v) is 3.06. The van der Waals surface area contributed by atoms with Crippen LogP contribution in [0.3, 0.4) is 0 Å². The molecule has 5 nitrogen and oxygen atoms in total. The summed E-state index contributed by atoms with van der Waals surface area (Å²) >= 11 is 0. The Labute approximate surface area is 139 Å². The van der Waals surface area contributed by atoms with Crippen molar-refractivity contribution in [1.29, 1.82) is 0 Å². The number of amides is 1. The molecule has 128 valence electrons. The molecule has 1 aromatic rings. The average Bonchev–Trinajstić information content (AvgIpc) is 2.52. The van der Waals surface area contributed by atoms with E-state index in [1.165, 1.54) is 6.33 Å². The van der Waals surface area contributed by atoms with E-state index in [9.17, 15) is 4.79 Å². The van der Waals surface area contributed by atoms with Gasteiger partial charge in [0.15, 0.2) is 0 Å². The smallest absolute Gasteiger partial charge is 0.257 e. The number of nitrogens with zero attached hydrogens (tertiary/aromatic N) is 3. The third-order valence-electron chi connectivity index (χ3n) is 4.54. The van der Waals surface area contributed by atoms with Crippen LogP contribution in [0, 0.1) is 19.8 Å². The highest BCUT2D eigenvalue weighted by Crippen LogP contribution is 2.23. The van der Waals surface area contributed by atoms with Crippen LogP contribution in [-0.2, 0) is 4.74 Å². The molecule has 0 unspecified atom stereocenters. The molecule has 0 spiro atoms. The molecule has 0 bridgehead atoms. The van der Waals surface area contributed by atoms with Crippen LogP contribution in [0.25, 0.3) is 0 Å². The number of morpholine rings is 1. The molecule has 0 saturated carbocycles. The first-order chi connectivity index (χ1) is 10.9. The number of aryl methyl sites for hydroxylation is 2. The molecule has 1 aliphatic heterocycles. The summed E-state index contributed by atoms with van der Waals surface area (Å²) in [5.74, 6) is 0.431. The van der Waals surface area contributed by atoms with Gasteiger partial charge in [-0.05, 0) is 26.2 Å². The SMILES string of the molecule is CCCC[C@@H]1CN(C(=O)c2c(C)ncnc2C)C[C@H](C(C)C)O1. The Morgan fingerprint density at radius 1 is 1.30 bits per heavy atom. The molecule has 1 amide bonds. The average molecular weight is 319 g/mol. The molecule has 0 aromatic carbocycles. The molecule has 0 radical (unpaired) electrons. The first-order valence-corrected chi connectivity index (χ1v) is 8.67. The van der Waals surface area contributed by atoms with Crippen LogP contribution in [0.2, 0.25) is 0 Å². The van der Waals surface area contributed by atoms with Crippen LogP contribution in [0.15, 0.2) is 6.33 Å². The maximum absolute atomic E-state index is 13.0. The summed E-state index contributed by atoms with van der Waals surface area (Å²) in [6, 6.07) is 0. The van der Waals surface area contributed by atoms with Gasteiger partial charge in [0.25, 0.3) is 5.91 Å². The van der Waals surface area contributed by atoms with E-state index in [-0.39, 0.29) is 18.1 Å². The summed E-state index contributed by atoms with van der Waals surface area (Å²) < 4.78 is 6.20. The Hall–Kier alpha value is -1.49. The molecular formula is C18H29N3O2. The van der Waals surface area contributed by atoms with Crippen molar-refractivity contribution in [3.63, 3.8) is 0 Å². The number of unbranched alkanes of at least 4 members (excludes halogenated alkanes) is 1. The second kappa shape index (κ2) is 7.86. The van der Waals surface area contributed by atoms with Crippen molar-refractivity contribution in [2.75, 3.05) is 13.1 Å². The highest BCUT2D eigenvalue weighted by Gasteiger charge is 2.33. The maximum Gasteiger partial charge on any atom is 0.257 e. The van der Waals surface area contributed by atoms with Crippen molar-refractivity contribution in [1.82, 2.24) is 14.9 Å². The molecule has 1 fully saturated rings. The molecular weight excluding hydrogens is 290 g/mol. The Kier molecular flexibility index (Phi) is 6.10. The summed E-state index contributed by atoms with van der Waals surface area (Å²) in [4.78, 5) is 23.3. The van der Waals surface area contributed by atoms with Gasteiger partial charge in [0.1, 0.15) is 6.33 Å². The first-order valence-electron chi connectivity index (χ1n) is 8.67. The fourth-order valence-electron chi connectivity index (χ4n) is 3.06. The van der Waals surface area contributed by atoms with Crippen LogP contribution in [0.5, 0.6) is 0 Å². The van der Waals surface area contributed by atoms with Crippen LogP contribution in [0.4, 0.5) is 0 Å². The number of hydrogen-bond donors (Lipinski definition) is 0. The van der Waals surface area contributed by atoms with Gasteiger partial charge in [-0.1, -0.05) is 33.6 Å². The number of carbonyl (C=O) groups is 1. The number of aromatic nitrogens is 2. The van der Waals surface area contributed by atoms with Crippen LogP contribution >= 0.6 is 0 Å². The quantitative estimate of drug-likeness (QED) is 0.836. The Balaban J connectivity index is 2.20. The Morgan fingerprint density at radius 3 is 2.52 bits per heavy atom. The van der Waals surface area contributed by atoms with Crippen molar-refractivity contribution in [2.24, 2.45) is 5.92 Å². The lowest BCUT2D eigenvalue weighted by Gasteiger charge is -2.40. The van der Waals surface area contributed by atoms with Crippen molar-refractivity contribution < 1.29 is 9.53 Å². The molecule has 1 aromatic heterocycles. The van der Waals surface area contributed by atoms with Crippen molar-refractivity contribution >= 4 is 5.91 Å². The van der Waals surface area contributed by atoms with Gasteiger partial charge < -0.3 is 9.64 Å². The minimum absolute atomic E-state index is 0.0380. The van der Waals surface area contributed by atoms with Crippen molar-refractivity contribution in [2.45, 2.75) is 66.1 Å². The van der Waals surface area contributed by atoms with Gasteiger partial charge in [-0.15, -0.1) is 0 Å². The third-order valence-corrected chi connectivity index (χ3v) is 4.54. The molecule has 1 saturated heterocycles. The number of hydrogen-bond acceptors (Lipinski definition) is 4. The largest absolute Gasteiger partial charge is 0.371 e. The standard InChI is InChI=1S/C18H29N3O2/c1-6-7-8-15-9-21(10-16(23-15)12(2)3)18(22)17-13(4)19-11-20-14(17)5/h11-12,15-16H,6-10H2,1-5H3/t15-,16-/m1/s1. The summed E-state index contributed by atoms with van der Waals surface area (Å²) in [5, 5.41) is 0. The van der Waals surface area contributed by atoms with Gasteiger partial charge in [-0.25, -0.2) is 9.97 Å². The third kappa shape index (κ3) is 4.28. The zero-order valence-corrected chi connectivity index (χ0v) is 15.0. The Bertz CT molecular complexity index is 525. The predicted octanol–water partition coefficient (Wildman–Crippen LogP) is 3.15. The van der Waals surface area contributed by atoms with E-state index in [4.69, 9.17) is 4.74 Å². The van der Waals surface area contributed by atoms with Crippen molar-refractivity contribution in [3.05, 3.63) is 23.3 Å². The van der Waals surface area contributed by atoms with Gasteiger partial charge >= 0.3 is 0 Å². The van der Waals surface area contributed by atoms with Crippen molar-refractivity contribution in [3.8, 4) is 0 Å². The van der Waals surface area contributed by atoms with Crippen LogP contribution in [0.1, 0.15) is 61.8 Å². The molecule has 2 heterocycles. The van der Waals surface area contributed by atoms with E-state index in [1.807, 2.05) is 18.7 Å². The predicted molar refractivity (Wildman–Crippen MR) is 90.4 cm³/mol. The zero-order valence-electron chi connectivity index (χ0n) is 15.0. The van der Waals surface area contributed by atoms with Gasteiger partial charge in [-0.2, -0.15) is 0 Å². The number of ether oxygens (including phenoxy) is 1. The minimum Gasteiger partial charge on any atom is -0.371 e. The summed E-state index contributed by atoms with van der Waals surface area (Å²) in [6.45, 7) is 11.5. The van der Waals surface area contributed by atoms with Gasteiger partial charge in [0.05, 0.1) is 29.2 Å². The van der Waals surface area contributed by atoms with Crippen LogP contribution in [-0.4, -0.2) is 46.1 Å². The minimum atomic E-state index is 0.0380. The second-order valence-corrected chi connectivity index (χ2v) is 6.81. The molecule has 0 aliphatic carbocycles. The number of rotatable bonds is 5. The molecule has 23 heavy (non-hydrogen) atoms. The van der Waals surface area contributed by atoms with E-state index in [0.717, 1.165) is 30.7 Å². The maximum atomic E-state index is 13.0. The lowest BCUT2D eigenvalue weighted by Crippen LogP contribution is -2.51. The summed E-state index contributed by atoms with van der Waals surface area (Å²) in [7, 11) is 0. The summed E-state index contributed by atoms with van der Waals surface area (Å²) in [5.41, 5.74) is 2.14. The lowest BCUT2D eigenvalue weighted by atomic mass is 10.0. The monoisotopic (exact) mass is 319 g/mol. The molecule has 0 N–H and O–H groups in total. The topological polar surface area (TPSA) is 55.3 Å². The second-order valence-electron chi connectivity index (χ2n) is 6.81. The van der Waals surface area contributed by atoms with E-state index in [2.05, 4.69) is 30.7 Å². The van der Waals surface area contributed by atoms with Gasteiger partial charge in [0, 0.05) is 13.1 Å².